The maximum absolute atomic E-state index is 2.00. The van der Waals surface area contributed by atoms with Gasteiger partial charge in [-0.1, -0.05) is 0 Å². The molecule has 2 aromatic carbocycles. The fourth-order valence-electron chi connectivity index (χ4n) is 0.642. The summed E-state index contributed by atoms with van der Waals surface area (Å²) < 4.78 is 0. The van der Waals surface area contributed by atoms with Crippen LogP contribution in [-0.2, 0) is 21.7 Å². The van der Waals surface area contributed by atoms with Crippen molar-refractivity contribution < 1.29 is 58.9 Å². The van der Waals surface area contributed by atoms with Crippen molar-refractivity contribution in [1.82, 2.24) is 0 Å². The maximum atomic E-state index is 2.00. The third kappa shape index (κ3) is 14.8. The second-order valence-corrected chi connectivity index (χ2v) is 1.92. The van der Waals surface area contributed by atoms with E-state index in [1.54, 1.807) is 0 Å². The van der Waals surface area contributed by atoms with E-state index >= 15 is 0 Å². The zero-order valence-corrected chi connectivity index (χ0v) is 11.2. The molecular weight excluding hydrogens is 274 g/mol. The summed E-state index contributed by atoms with van der Waals surface area (Å²) in [5, 5.41) is 0. The molecule has 0 bridgehead atoms. The second kappa shape index (κ2) is 19.0. The van der Waals surface area contributed by atoms with Gasteiger partial charge in [-0.2, -0.15) is 36.4 Å². The van der Waals surface area contributed by atoms with Gasteiger partial charge < -0.3 is 37.2 Å². The van der Waals surface area contributed by atoms with Gasteiger partial charge >= 0.3 is 21.7 Å². The van der Waals surface area contributed by atoms with E-state index in [2.05, 4.69) is 0 Å². The Hall–Kier alpha value is 0.284. The Labute approximate surface area is 119 Å². The molecule has 0 aromatic heterocycles. The fraction of sp³-hybridized carbons (Fsp3) is 0. The molecule has 77 valence electrons. The van der Waals surface area contributed by atoms with Crippen LogP contribution in [0.5, 0.6) is 0 Å². The number of rotatable bonds is 0. The molecule has 0 fully saturated rings. The van der Waals surface area contributed by atoms with Crippen LogP contribution in [0.4, 0.5) is 0 Å². The molecule has 0 aliphatic carbocycles. The molecule has 14 heavy (non-hydrogen) atoms. The van der Waals surface area contributed by atoms with Gasteiger partial charge in [0.05, 0.1) is 0 Å². The smallest absolute Gasteiger partial charge is 1.00 e. The average molecular weight is 284 g/mol. The molecule has 0 amide bonds. The Balaban J connectivity index is -0.0000000556. The van der Waals surface area contributed by atoms with Crippen molar-refractivity contribution in [3.05, 3.63) is 60.7 Å². The summed E-state index contributed by atoms with van der Waals surface area (Å²) in [5.41, 5.74) is 0. The molecule has 0 N–H and O–H groups in total. The van der Waals surface area contributed by atoms with Crippen molar-refractivity contribution >= 4 is 0 Å². The molecule has 1 radical (unpaired) electrons. The molecule has 0 nitrogen and oxygen atoms in total. The van der Waals surface area contributed by atoms with Crippen molar-refractivity contribution in [2.24, 2.45) is 0 Å². The van der Waals surface area contributed by atoms with Crippen molar-refractivity contribution in [3.8, 4) is 0 Å². The van der Waals surface area contributed by atoms with Gasteiger partial charge in [0.25, 0.3) is 0 Å². The molecule has 0 aliphatic heterocycles. The van der Waals surface area contributed by atoms with E-state index in [4.69, 9.17) is 0 Å². The molecule has 0 spiro atoms. The van der Waals surface area contributed by atoms with Crippen molar-refractivity contribution in [2.75, 3.05) is 0 Å². The Morgan fingerprint density at radius 3 is 0.786 bits per heavy atom. The van der Waals surface area contributed by atoms with Gasteiger partial charge in [-0.3, -0.25) is 0 Å². The number of hydrogen-bond donors (Lipinski definition) is 0. The Bertz CT molecular complexity index is 155. The van der Waals surface area contributed by atoms with Crippen molar-refractivity contribution in [1.29, 1.82) is 0 Å². The SMILES string of the molecule is [Cl-].[Cl-].[Cl-].[Ti+3].c1cc[cH-]c1.c1cc[cH-]c1. The van der Waals surface area contributed by atoms with E-state index in [1.165, 1.54) is 0 Å². The predicted molar refractivity (Wildman–Crippen MR) is 44.1 cm³/mol. The summed E-state index contributed by atoms with van der Waals surface area (Å²) in [4.78, 5) is 0. The quantitative estimate of drug-likeness (QED) is 0.334. The van der Waals surface area contributed by atoms with E-state index in [0.717, 1.165) is 0 Å². The third-order valence-corrected chi connectivity index (χ3v) is 1.11. The van der Waals surface area contributed by atoms with Crippen molar-refractivity contribution in [3.63, 3.8) is 0 Å². The van der Waals surface area contributed by atoms with Gasteiger partial charge in [0.2, 0.25) is 0 Å². The normalized spacial score (nSPS) is 5.71. The average Bonchev–Trinajstić information content (AvgIpc) is 2.67. The monoisotopic (exact) mass is 283 g/mol. The molecule has 2 rings (SSSR count). The van der Waals surface area contributed by atoms with Crippen LogP contribution >= 0.6 is 0 Å². The summed E-state index contributed by atoms with van der Waals surface area (Å²) >= 11 is 0. The van der Waals surface area contributed by atoms with Crippen LogP contribution < -0.4 is 37.2 Å². The molecule has 0 saturated carbocycles. The minimum absolute atomic E-state index is 0. The predicted octanol–water partition coefficient (Wildman–Crippen LogP) is -6.18. The largest absolute Gasteiger partial charge is 3.00 e. The fourth-order valence-corrected chi connectivity index (χ4v) is 0.642. The zero-order chi connectivity index (χ0) is 7.07. The molecule has 2 aromatic rings. The third-order valence-electron chi connectivity index (χ3n) is 1.11. The van der Waals surface area contributed by atoms with Crippen LogP contribution in [0.15, 0.2) is 60.7 Å². The minimum Gasteiger partial charge on any atom is -1.00 e. The second-order valence-electron chi connectivity index (χ2n) is 1.92. The topological polar surface area (TPSA) is 0 Å². The van der Waals surface area contributed by atoms with Crippen LogP contribution in [0.1, 0.15) is 0 Å². The first-order valence-electron chi connectivity index (χ1n) is 3.33. The van der Waals surface area contributed by atoms with E-state index in [1.807, 2.05) is 60.7 Å². The van der Waals surface area contributed by atoms with Crippen LogP contribution in [-0.4, -0.2) is 0 Å². The van der Waals surface area contributed by atoms with Gasteiger partial charge in [-0.05, 0) is 0 Å². The first-order chi connectivity index (χ1) is 5.00. The first-order valence-corrected chi connectivity index (χ1v) is 3.33. The van der Waals surface area contributed by atoms with Gasteiger partial charge in [-0.25, -0.2) is 24.3 Å². The van der Waals surface area contributed by atoms with E-state index in [9.17, 15) is 0 Å². The van der Waals surface area contributed by atoms with Crippen molar-refractivity contribution in [2.45, 2.75) is 0 Å². The first kappa shape index (κ1) is 23.8. The summed E-state index contributed by atoms with van der Waals surface area (Å²) in [7, 11) is 0. The van der Waals surface area contributed by atoms with Crippen LogP contribution in [0.25, 0.3) is 0 Å². The molecule has 4 heteroatoms. The van der Waals surface area contributed by atoms with E-state index in [-0.39, 0.29) is 58.9 Å². The molecule has 0 saturated heterocycles. The molecular formula is C10H10Cl3Ti-2. The minimum atomic E-state index is 0. The maximum Gasteiger partial charge on any atom is 3.00 e. The van der Waals surface area contributed by atoms with E-state index in [0.29, 0.717) is 0 Å². The Kier molecular flexibility index (Phi) is 32.3. The van der Waals surface area contributed by atoms with E-state index < -0.39 is 0 Å². The zero-order valence-electron chi connectivity index (χ0n) is 7.41. The number of hydrogen-bond acceptors (Lipinski definition) is 0. The Morgan fingerprint density at radius 1 is 0.500 bits per heavy atom. The Morgan fingerprint density at radius 2 is 0.714 bits per heavy atom. The van der Waals surface area contributed by atoms with Crippen LogP contribution in [0.3, 0.4) is 0 Å². The standard InChI is InChI=1S/2C5H5.3ClH.Ti/c2*1-2-4-5-3-1;;;;/h2*1-5H;3*1H;/q2*-1;;;;+3/p-3. The molecule has 0 atom stereocenters. The summed E-state index contributed by atoms with van der Waals surface area (Å²) in [5.74, 6) is 0. The molecule has 0 unspecified atom stereocenters. The number of halogens is 3. The molecule has 0 heterocycles. The van der Waals surface area contributed by atoms with Gasteiger partial charge in [0.15, 0.2) is 0 Å². The van der Waals surface area contributed by atoms with Gasteiger partial charge in [0.1, 0.15) is 0 Å². The van der Waals surface area contributed by atoms with Crippen LogP contribution in [0, 0.1) is 0 Å². The summed E-state index contributed by atoms with van der Waals surface area (Å²) in [6, 6.07) is 20.0. The van der Waals surface area contributed by atoms with Crippen LogP contribution in [0.2, 0.25) is 0 Å². The molecule has 0 aliphatic rings. The van der Waals surface area contributed by atoms with Gasteiger partial charge in [0, 0.05) is 0 Å². The summed E-state index contributed by atoms with van der Waals surface area (Å²) in [6.45, 7) is 0. The van der Waals surface area contributed by atoms with Gasteiger partial charge in [-0.15, -0.1) is 0 Å². The summed E-state index contributed by atoms with van der Waals surface area (Å²) in [6.07, 6.45) is 0.